The van der Waals surface area contributed by atoms with Gasteiger partial charge in [-0.05, 0) is 54.9 Å². The van der Waals surface area contributed by atoms with Crippen molar-refractivity contribution in [3.05, 3.63) is 29.8 Å². The van der Waals surface area contributed by atoms with Crippen LogP contribution in [0.15, 0.2) is 29.4 Å². The van der Waals surface area contributed by atoms with Crippen molar-refractivity contribution in [3.8, 4) is 11.8 Å². The van der Waals surface area contributed by atoms with Crippen molar-refractivity contribution < 1.29 is 9.53 Å². The van der Waals surface area contributed by atoms with Crippen molar-refractivity contribution in [1.82, 2.24) is 5.43 Å². The molecule has 0 saturated heterocycles. The molecule has 0 bridgehead atoms. The lowest BCUT2D eigenvalue weighted by Gasteiger charge is -2.34. The molecule has 0 radical (unpaired) electrons. The fourth-order valence-corrected chi connectivity index (χ4v) is 3.15. The summed E-state index contributed by atoms with van der Waals surface area (Å²) in [5.41, 5.74) is 4.41. The maximum absolute atomic E-state index is 11.8. The van der Waals surface area contributed by atoms with Gasteiger partial charge in [0.05, 0.1) is 11.6 Å². The average Bonchev–Trinajstić information content (AvgIpc) is 2.49. The second-order valence-electron chi connectivity index (χ2n) is 6.99. The lowest BCUT2D eigenvalue weighted by molar-refractivity contribution is -0.123. The molecule has 5 heteroatoms. The molecule has 1 aromatic rings. The molecular weight excluding hydrogens is 290 g/mol. The van der Waals surface area contributed by atoms with Crippen LogP contribution in [0.2, 0.25) is 0 Å². The fourth-order valence-electron chi connectivity index (χ4n) is 3.15. The topological polar surface area (TPSA) is 74.5 Å². The van der Waals surface area contributed by atoms with Crippen molar-refractivity contribution in [3.63, 3.8) is 0 Å². The fraction of sp³-hybridized carbons (Fsp3) is 0.500. The number of carbonyl (C=O) groups excluding carboxylic acids is 1. The molecule has 23 heavy (non-hydrogen) atoms. The Hall–Kier alpha value is -2.35. The maximum atomic E-state index is 11.8. The predicted octanol–water partition coefficient (Wildman–Crippen LogP) is 3.26. The van der Waals surface area contributed by atoms with Gasteiger partial charge in [-0.3, -0.25) is 4.79 Å². The van der Waals surface area contributed by atoms with Gasteiger partial charge in [-0.15, -0.1) is 0 Å². The molecule has 122 valence electrons. The van der Waals surface area contributed by atoms with Gasteiger partial charge >= 0.3 is 0 Å². The molecule has 2 rings (SSSR count). The van der Waals surface area contributed by atoms with E-state index in [1.165, 1.54) is 6.42 Å². The Balaban J connectivity index is 1.82. The van der Waals surface area contributed by atoms with Crippen molar-refractivity contribution in [2.24, 2.45) is 16.4 Å². The van der Waals surface area contributed by atoms with Crippen molar-refractivity contribution in [2.45, 2.75) is 40.0 Å². The van der Waals surface area contributed by atoms with Gasteiger partial charge in [-0.1, -0.05) is 20.8 Å². The van der Waals surface area contributed by atoms with Gasteiger partial charge in [0.2, 0.25) is 0 Å². The molecule has 1 aromatic carbocycles. The van der Waals surface area contributed by atoms with Crippen LogP contribution in [0.4, 0.5) is 0 Å². The predicted molar refractivity (Wildman–Crippen MR) is 89.0 cm³/mol. The van der Waals surface area contributed by atoms with E-state index in [0.29, 0.717) is 17.2 Å². The van der Waals surface area contributed by atoms with E-state index in [9.17, 15) is 4.79 Å². The molecule has 0 heterocycles. The minimum Gasteiger partial charge on any atom is -0.484 e. The van der Waals surface area contributed by atoms with E-state index in [1.807, 2.05) is 6.07 Å². The van der Waals surface area contributed by atoms with Crippen molar-refractivity contribution in [2.75, 3.05) is 6.61 Å². The van der Waals surface area contributed by atoms with Crippen LogP contribution in [0.25, 0.3) is 0 Å². The van der Waals surface area contributed by atoms with Gasteiger partial charge in [0.1, 0.15) is 5.75 Å². The molecule has 1 fully saturated rings. The number of hydrogen-bond acceptors (Lipinski definition) is 4. The Morgan fingerprint density at radius 3 is 2.74 bits per heavy atom. The average molecular weight is 313 g/mol. The zero-order chi connectivity index (χ0) is 16.9. The van der Waals surface area contributed by atoms with Crippen LogP contribution in [-0.4, -0.2) is 18.2 Å². The molecule has 1 aliphatic rings. The minimum absolute atomic E-state index is 0.0956. The maximum Gasteiger partial charge on any atom is 0.277 e. The molecule has 0 aliphatic heterocycles. The number of nitriles is 1. The number of amides is 1. The summed E-state index contributed by atoms with van der Waals surface area (Å²) in [7, 11) is 0. The van der Waals surface area contributed by atoms with Gasteiger partial charge in [-0.2, -0.15) is 10.4 Å². The summed E-state index contributed by atoms with van der Waals surface area (Å²) >= 11 is 0. The number of nitrogens with one attached hydrogen (secondary N) is 1. The Kier molecular flexibility index (Phi) is 5.38. The molecule has 1 saturated carbocycles. The number of hydrogen-bond donors (Lipinski definition) is 1. The summed E-state index contributed by atoms with van der Waals surface area (Å²) in [5, 5.41) is 13.0. The zero-order valence-corrected chi connectivity index (χ0v) is 13.9. The number of benzene rings is 1. The number of hydrazone groups is 1. The second kappa shape index (κ2) is 7.28. The van der Waals surface area contributed by atoms with E-state index < -0.39 is 0 Å². The SMILES string of the molecule is C[C@@H]1C/C(=N/NC(=O)COc2ccc(C#N)cc2)CC(C)(C)C1. The van der Waals surface area contributed by atoms with Crippen LogP contribution >= 0.6 is 0 Å². The quantitative estimate of drug-likeness (QED) is 0.867. The van der Waals surface area contributed by atoms with Crippen LogP contribution < -0.4 is 10.2 Å². The molecule has 1 N–H and O–H groups in total. The molecule has 0 aromatic heterocycles. The second-order valence-corrected chi connectivity index (χ2v) is 6.99. The van der Waals surface area contributed by atoms with E-state index in [2.05, 4.69) is 31.3 Å². The third-order valence-electron chi connectivity index (χ3n) is 3.86. The van der Waals surface area contributed by atoms with Gasteiger partial charge in [0.25, 0.3) is 5.91 Å². The molecule has 5 nitrogen and oxygen atoms in total. The number of rotatable bonds is 4. The highest BCUT2D eigenvalue weighted by Gasteiger charge is 2.29. The van der Waals surface area contributed by atoms with Gasteiger partial charge < -0.3 is 4.74 Å². The van der Waals surface area contributed by atoms with Crippen LogP contribution in [-0.2, 0) is 4.79 Å². The lowest BCUT2D eigenvalue weighted by atomic mass is 9.72. The van der Waals surface area contributed by atoms with E-state index in [0.717, 1.165) is 18.6 Å². The largest absolute Gasteiger partial charge is 0.484 e. The summed E-state index contributed by atoms with van der Waals surface area (Å²) in [6.07, 6.45) is 3.02. The smallest absolute Gasteiger partial charge is 0.277 e. The molecule has 1 aliphatic carbocycles. The van der Waals surface area contributed by atoms with E-state index in [1.54, 1.807) is 24.3 Å². The summed E-state index contributed by atoms with van der Waals surface area (Å²) in [4.78, 5) is 11.8. The third kappa shape index (κ3) is 5.41. The van der Waals surface area contributed by atoms with Gasteiger partial charge in [0, 0.05) is 5.71 Å². The standard InChI is InChI=1S/C18H23N3O2/c1-13-8-15(10-18(2,3)9-13)20-21-17(22)12-23-16-6-4-14(11-19)5-7-16/h4-7,13H,8-10,12H2,1-3H3,(H,21,22)/b20-15-/t13-/m1/s1. The van der Waals surface area contributed by atoms with E-state index >= 15 is 0 Å². The molecule has 1 amide bonds. The van der Waals surface area contributed by atoms with Crippen LogP contribution in [0.1, 0.15) is 45.6 Å². The van der Waals surface area contributed by atoms with Crippen LogP contribution in [0.3, 0.4) is 0 Å². The van der Waals surface area contributed by atoms with Crippen molar-refractivity contribution in [1.29, 1.82) is 5.26 Å². The molecule has 0 unspecified atom stereocenters. The Bertz CT molecular complexity index is 627. The van der Waals surface area contributed by atoms with E-state index in [-0.39, 0.29) is 17.9 Å². The Morgan fingerprint density at radius 2 is 2.13 bits per heavy atom. The highest BCUT2D eigenvalue weighted by molar-refractivity contribution is 5.87. The summed E-state index contributed by atoms with van der Waals surface area (Å²) in [5.74, 6) is 0.862. The summed E-state index contributed by atoms with van der Waals surface area (Å²) in [6, 6.07) is 8.68. The van der Waals surface area contributed by atoms with Gasteiger partial charge in [0.15, 0.2) is 6.61 Å². The normalized spacial score (nSPS) is 21.5. The molecule has 0 spiro atoms. The number of ether oxygens (including phenoxy) is 1. The highest BCUT2D eigenvalue weighted by Crippen LogP contribution is 2.36. The molecule has 1 atom stereocenters. The third-order valence-corrected chi connectivity index (χ3v) is 3.86. The lowest BCUT2D eigenvalue weighted by Crippen LogP contribution is -2.31. The number of nitrogens with zero attached hydrogens (tertiary/aromatic N) is 2. The van der Waals surface area contributed by atoms with Gasteiger partial charge in [-0.25, -0.2) is 5.43 Å². The first-order valence-corrected chi connectivity index (χ1v) is 7.85. The first kappa shape index (κ1) is 17.0. The van der Waals surface area contributed by atoms with Crippen LogP contribution in [0, 0.1) is 22.7 Å². The first-order chi connectivity index (χ1) is 10.9. The van der Waals surface area contributed by atoms with Crippen molar-refractivity contribution >= 4 is 11.6 Å². The summed E-state index contributed by atoms with van der Waals surface area (Å²) < 4.78 is 5.38. The first-order valence-electron chi connectivity index (χ1n) is 7.85. The Morgan fingerprint density at radius 1 is 1.43 bits per heavy atom. The molecular formula is C18H23N3O2. The summed E-state index contributed by atoms with van der Waals surface area (Å²) in [6.45, 7) is 6.58. The monoisotopic (exact) mass is 313 g/mol. The number of carbonyl (C=O) groups is 1. The highest BCUT2D eigenvalue weighted by atomic mass is 16.5. The van der Waals surface area contributed by atoms with Crippen LogP contribution in [0.5, 0.6) is 5.75 Å². The minimum atomic E-state index is -0.280. The van der Waals surface area contributed by atoms with E-state index in [4.69, 9.17) is 10.00 Å². The Labute approximate surface area is 137 Å². The zero-order valence-electron chi connectivity index (χ0n) is 13.9.